The summed E-state index contributed by atoms with van der Waals surface area (Å²) in [5.74, 6) is -19.8. The SMILES string of the molecule is CC1(C#N)SC=C(C=Cc2ccc(-c3ccncc3)cc2)C1C1C(F)=C(F)C(F)(F)C1(F)F. The molecule has 0 bridgehead atoms. The Kier molecular flexibility index (Phi) is 5.69. The van der Waals surface area contributed by atoms with E-state index in [1.165, 1.54) is 18.4 Å². The number of thioether (sulfide) groups is 1. The first-order valence-corrected chi connectivity index (χ1v) is 10.7. The highest BCUT2D eigenvalue weighted by molar-refractivity contribution is 8.04. The zero-order valence-electron chi connectivity index (χ0n) is 17.1. The zero-order chi connectivity index (χ0) is 24.0. The van der Waals surface area contributed by atoms with Gasteiger partial charge in [-0.25, -0.2) is 8.78 Å². The zero-order valence-corrected chi connectivity index (χ0v) is 17.9. The van der Waals surface area contributed by atoms with Gasteiger partial charge in [-0.1, -0.05) is 36.4 Å². The molecule has 0 amide bonds. The van der Waals surface area contributed by atoms with Crippen LogP contribution in [0.3, 0.4) is 0 Å². The van der Waals surface area contributed by atoms with Gasteiger partial charge in [0.25, 0.3) is 0 Å². The van der Waals surface area contributed by atoms with E-state index >= 15 is 0 Å². The van der Waals surface area contributed by atoms with Crippen molar-refractivity contribution in [3.63, 3.8) is 0 Å². The van der Waals surface area contributed by atoms with Crippen molar-refractivity contribution >= 4 is 17.8 Å². The van der Waals surface area contributed by atoms with Crippen LogP contribution in [0, 0.1) is 23.2 Å². The molecule has 3 unspecified atom stereocenters. The summed E-state index contributed by atoms with van der Waals surface area (Å²) in [5.41, 5.74) is 2.56. The molecule has 0 spiro atoms. The van der Waals surface area contributed by atoms with E-state index < -0.39 is 40.1 Å². The summed E-state index contributed by atoms with van der Waals surface area (Å²) >= 11 is 0.816. The van der Waals surface area contributed by atoms with Crippen molar-refractivity contribution < 1.29 is 26.3 Å². The summed E-state index contributed by atoms with van der Waals surface area (Å²) in [6.45, 7) is 1.25. The molecule has 9 heteroatoms. The molecule has 1 aliphatic heterocycles. The number of hydrogen-bond acceptors (Lipinski definition) is 3. The van der Waals surface area contributed by atoms with Gasteiger partial charge in [0, 0.05) is 18.3 Å². The summed E-state index contributed by atoms with van der Waals surface area (Å²) < 4.78 is 83.2. The van der Waals surface area contributed by atoms with Gasteiger partial charge in [0.2, 0.25) is 5.83 Å². The molecule has 0 saturated carbocycles. The summed E-state index contributed by atoms with van der Waals surface area (Å²) in [5, 5.41) is 10.9. The molecular formula is C24H16F6N2S. The molecular weight excluding hydrogens is 462 g/mol. The normalized spacial score (nSPS) is 28.2. The smallest absolute Gasteiger partial charge is 0.265 e. The number of hydrogen-bond donors (Lipinski definition) is 0. The fourth-order valence-corrected chi connectivity index (χ4v) is 5.15. The summed E-state index contributed by atoms with van der Waals surface area (Å²) in [6, 6.07) is 12.6. The van der Waals surface area contributed by atoms with Crippen LogP contribution in [0.15, 0.2) is 77.5 Å². The monoisotopic (exact) mass is 478 g/mol. The number of benzene rings is 1. The van der Waals surface area contributed by atoms with Gasteiger partial charge in [-0.3, -0.25) is 4.98 Å². The number of alkyl halides is 4. The molecule has 2 aromatic rings. The number of aromatic nitrogens is 1. The number of nitriles is 1. The number of allylic oxidation sites excluding steroid dienone is 4. The van der Waals surface area contributed by atoms with Gasteiger partial charge < -0.3 is 0 Å². The Morgan fingerprint density at radius 1 is 0.939 bits per heavy atom. The van der Waals surface area contributed by atoms with Crippen LogP contribution in [0.4, 0.5) is 26.3 Å². The minimum atomic E-state index is -5.27. The van der Waals surface area contributed by atoms with Gasteiger partial charge in [0.05, 0.1) is 12.0 Å². The lowest BCUT2D eigenvalue weighted by atomic mass is 9.75. The molecule has 0 radical (unpaired) electrons. The van der Waals surface area contributed by atoms with Crippen molar-refractivity contribution in [3.8, 4) is 17.2 Å². The first-order chi connectivity index (χ1) is 15.5. The Labute approximate surface area is 190 Å². The minimum absolute atomic E-state index is 0.0487. The Morgan fingerprint density at radius 2 is 1.55 bits per heavy atom. The van der Waals surface area contributed by atoms with E-state index in [4.69, 9.17) is 0 Å². The Bertz CT molecular complexity index is 1200. The highest BCUT2D eigenvalue weighted by atomic mass is 32.2. The molecule has 0 saturated heterocycles. The van der Waals surface area contributed by atoms with Crippen LogP contribution in [-0.4, -0.2) is 21.6 Å². The van der Waals surface area contributed by atoms with Crippen LogP contribution in [0.1, 0.15) is 12.5 Å². The summed E-state index contributed by atoms with van der Waals surface area (Å²) in [7, 11) is 0. The maximum Gasteiger partial charge on any atom is 0.364 e. The average molecular weight is 478 g/mol. The molecule has 1 aromatic heterocycles. The van der Waals surface area contributed by atoms with Gasteiger partial charge in [0.15, 0.2) is 0 Å². The van der Waals surface area contributed by atoms with Crippen molar-refractivity contribution in [2.24, 2.45) is 11.8 Å². The van der Waals surface area contributed by atoms with Gasteiger partial charge in [-0.2, -0.15) is 22.8 Å². The molecule has 2 heterocycles. The first-order valence-electron chi connectivity index (χ1n) is 9.82. The molecule has 4 rings (SSSR count). The lowest BCUT2D eigenvalue weighted by molar-refractivity contribution is -0.208. The maximum atomic E-state index is 14.5. The molecule has 3 atom stereocenters. The summed E-state index contributed by atoms with van der Waals surface area (Å²) in [6.07, 6.45) is 6.22. The predicted octanol–water partition coefficient (Wildman–Crippen LogP) is 7.34. The molecule has 33 heavy (non-hydrogen) atoms. The van der Waals surface area contributed by atoms with Gasteiger partial charge >= 0.3 is 11.8 Å². The number of halogens is 6. The fraction of sp³-hybridized carbons (Fsp3) is 0.250. The van der Waals surface area contributed by atoms with Gasteiger partial charge in [0.1, 0.15) is 10.6 Å². The molecule has 0 N–H and O–H groups in total. The second kappa shape index (κ2) is 8.10. The summed E-state index contributed by atoms with van der Waals surface area (Å²) in [4.78, 5) is 3.95. The van der Waals surface area contributed by atoms with Crippen molar-refractivity contribution in [2.45, 2.75) is 23.5 Å². The first kappa shape index (κ1) is 23.2. The highest BCUT2D eigenvalue weighted by Gasteiger charge is 2.75. The predicted molar refractivity (Wildman–Crippen MR) is 115 cm³/mol. The quantitative estimate of drug-likeness (QED) is 0.432. The van der Waals surface area contributed by atoms with Crippen LogP contribution in [0.5, 0.6) is 0 Å². The van der Waals surface area contributed by atoms with E-state index in [0.29, 0.717) is 5.56 Å². The number of rotatable bonds is 4. The third-order valence-corrected chi connectivity index (χ3v) is 7.13. The van der Waals surface area contributed by atoms with Gasteiger partial charge in [-0.05, 0) is 46.7 Å². The largest absolute Gasteiger partial charge is 0.364 e. The molecule has 0 fully saturated rings. The van der Waals surface area contributed by atoms with Gasteiger partial charge in [-0.15, -0.1) is 11.8 Å². The molecule has 1 aromatic carbocycles. The molecule has 2 nitrogen and oxygen atoms in total. The molecule has 2 aliphatic rings. The van der Waals surface area contributed by atoms with Crippen LogP contribution in [0.25, 0.3) is 17.2 Å². The average Bonchev–Trinajstić information content (AvgIpc) is 3.19. The van der Waals surface area contributed by atoms with E-state index in [1.54, 1.807) is 36.7 Å². The fourth-order valence-electron chi connectivity index (χ4n) is 4.07. The van der Waals surface area contributed by atoms with Crippen molar-refractivity contribution in [3.05, 3.63) is 83.1 Å². The van der Waals surface area contributed by atoms with E-state index in [1.807, 2.05) is 24.3 Å². The lowest BCUT2D eigenvalue weighted by Gasteiger charge is -2.34. The second-order valence-electron chi connectivity index (χ2n) is 7.96. The minimum Gasteiger partial charge on any atom is -0.265 e. The van der Waals surface area contributed by atoms with Crippen LogP contribution in [-0.2, 0) is 0 Å². The number of nitrogens with zero attached hydrogens (tertiary/aromatic N) is 2. The van der Waals surface area contributed by atoms with Crippen LogP contribution in [0.2, 0.25) is 0 Å². The third-order valence-electron chi connectivity index (χ3n) is 5.91. The standard InChI is InChI=1S/C24H16F6N2S/c1-22(13-31)18(19-20(25)21(26)24(29,30)23(19,27)28)17(12-33-22)7-4-14-2-5-15(6-3-14)16-8-10-32-11-9-16/h2-12,18-19H,1H3. The van der Waals surface area contributed by atoms with Crippen molar-refractivity contribution in [1.82, 2.24) is 4.98 Å². The van der Waals surface area contributed by atoms with Crippen molar-refractivity contribution in [2.75, 3.05) is 0 Å². The Hall–Kier alpha value is -2.99. The molecule has 1 aliphatic carbocycles. The van der Waals surface area contributed by atoms with E-state index in [-0.39, 0.29) is 5.57 Å². The van der Waals surface area contributed by atoms with E-state index in [9.17, 15) is 31.6 Å². The topological polar surface area (TPSA) is 36.7 Å². The van der Waals surface area contributed by atoms with Crippen molar-refractivity contribution in [1.29, 1.82) is 5.26 Å². The van der Waals surface area contributed by atoms with E-state index in [0.717, 1.165) is 22.9 Å². The number of pyridine rings is 1. The van der Waals surface area contributed by atoms with Crippen LogP contribution < -0.4 is 0 Å². The lowest BCUT2D eigenvalue weighted by Crippen LogP contribution is -2.48. The Balaban J connectivity index is 1.65. The Morgan fingerprint density at radius 3 is 2.09 bits per heavy atom. The van der Waals surface area contributed by atoms with E-state index in [2.05, 4.69) is 4.98 Å². The maximum absolute atomic E-state index is 14.5. The second-order valence-corrected chi connectivity index (χ2v) is 9.28. The van der Waals surface area contributed by atoms with Crippen LogP contribution >= 0.6 is 11.8 Å². The third kappa shape index (κ3) is 3.66. The molecule has 170 valence electrons. The highest BCUT2D eigenvalue weighted by Crippen LogP contribution is 2.63.